The second kappa shape index (κ2) is 6.75. The van der Waals surface area contributed by atoms with Crippen LogP contribution in [0.25, 0.3) is 11.0 Å². The van der Waals surface area contributed by atoms with Crippen molar-refractivity contribution in [2.24, 2.45) is 0 Å². The lowest BCUT2D eigenvalue weighted by Crippen LogP contribution is -2.06. The Morgan fingerprint density at radius 3 is 2.91 bits per heavy atom. The van der Waals surface area contributed by atoms with Crippen LogP contribution in [-0.2, 0) is 4.74 Å². The van der Waals surface area contributed by atoms with Crippen LogP contribution in [0.1, 0.15) is 9.67 Å². The second-order valence-electron chi connectivity index (χ2n) is 4.26. The van der Waals surface area contributed by atoms with E-state index in [1.807, 2.05) is 0 Å². The van der Waals surface area contributed by atoms with Crippen LogP contribution in [0.3, 0.4) is 0 Å². The molecule has 0 amide bonds. The van der Waals surface area contributed by atoms with E-state index in [0.717, 1.165) is 0 Å². The number of ether oxygens (including phenoxy) is 1. The molecule has 0 aliphatic carbocycles. The van der Waals surface area contributed by atoms with Gasteiger partial charge in [-0.3, -0.25) is 10.1 Å². The van der Waals surface area contributed by atoms with E-state index in [4.69, 9.17) is 4.74 Å². The molecule has 3 aromatic rings. The monoisotopic (exact) mass is 351 g/mol. The average Bonchev–Trinajstić information content (AvgIpc) is 3.21. The van der Waals surface area contributed by atoms with Crippen molar-refractivity contribution in [1.82, 2.24) is 10.3 Å². The molecule has 2 heterocycles. The molecular weight excluding hydrogens is 342 g/mol. The number of hydrogen-bond acceptors (Lipinski definition) is 9. The summed E-state index contributed by atoms with van der Waals surface area (Å²) in [7, 11) is 0. The first-order valence-electron chi connectivity index (χ1n) is 6.40. The number of nitrogens with zero attached hydrogens (tertiary/aromatic N) is 3. The van der Waals surface area contributed by atoms with Gasteiger partial charge in [0.05, 0.1) is 4.92 Å². The number of non-ortho nitro benzene ring substituents is 1. The Balaban J connectivity index is 1.62. The van der Waals surface area contributed by atoms with E-state index in [1.165, 1.54) is 29.2 Å². The van der Waals surface area contributed by atoms with Crippen LogP contribution in [0.4, 0.5) is 5.69 Å². The summed E-state index contributed by atoms with van der Waals surface area (Å²) in [4.78, 5) is 23.3. The number of nitro benzene ring substituents is 1. The molecule has 0 radical (unpaired) electrons. The first-order valence-corrected chi connectivity index (χ1v) is 8.26. The molecule has 0 fully saturated rings. The molecule has 0 saturated carbocycles. The Bertz CT molecular complexity index is 847. The van der Waals surface area contributed by atoms with Gasteiger partial charge in [-0.25, -0.2) is 9.42 Å². The van der Waals surface area contributed by atoms with Crippen LogP contribution in [0.5, 0.6) is 0 Å². The smallest absolute Gasteiger partial charge is 0.348 e. The van der Waals surface area contributed by atoms with Crippen LogP contribution in [0.15, 0.2) is 39.2 Å². The number of thioether (sulfide) groups is 1. The average molecular weight is 351 g/mol. The molecule has 0 spiro atoms. The Labute approximate surface area is 137 Å². The third kappa shape index (κ3) is 3.32. The summed E-state index contributed by atoms with van der Waals surface area (Å²) in [5.74, 6) is 0.120. The summed E-state index contributed by atoms with van der Waals surface area (Å²) < 4.78 is 9.73. The number of esters is 1. The number of aromatic nitrogens is 2. The fourth-order valence-electron chi connectivity index (χ4n) is 1.85. The van der Waals surface area contributed by atoms with Crippen LogP contribution < -0.4 is 0 Å². The molecule has 0 aliphatic rings. The zero-order valence-corrected chi connectivity index (χ0v) is 13.1. The van der Waals surface area contributed by atoms with E-state index < -0.39 is 4.92 Å². The van der Waals surface area contributed by atoms with Gasteiger partial charge in [0.2, 0.25) is 5.52 Å². The third-order valence-corrected chi connectivity index (χ3v) is 4.71. The fraction of sp³-hybridized carbons (Fsp3) is 0.154. The van der Waals surface area contributed by atoms with Crippen molar-refractivity contribution in [1.29, 1.82) is 0 Å². The van der Waals surface area contributed by atoms with Crippen LogP contribution in [0.2, 0.25) is 0 Å². The summed E-state index contributed by atoms with van der Waals surface area (Å²) in [5, 5.41) is 20.0. The van der Waals surface area contributed by atoms with Gasteiger partial charge in [-0.1, -0.05) is 6.07 Å². The standard InChI is InChI=1S/C13H9N3O5S2/c17-13(10-2-1-6-22-10)20-5-7-23-9-4-3-8(16(18)19)11-12(9)15-21-14-11/h1-4,6H,5,7H2. The van der Waals surface area contributed by atoms with Gasteiger partial charge < -0.3 is 4.74 Å². The number of hydrogen-bond donors (Lipinski definition) is 0. The first kappa shape index (κ1) is 15.4. The van der Waals surface area contributed by atoms with Crippen LogP contribution >= 0.6 is 23.1 Å². The molecule has 23 heavy (non-hydrogen) atoms. The molecule has 10 heteroatoms. The Hall–Kier alpha value is -2.46. The number of carbonyl (C=O) groups is 1. The van der Waals surface area contributed by atoms with Gasteiger partial charge in [0.1, 0.15) is 11.5 Å². The summed E-state index contributed by atoms with van der Waals surface area (Å²) >= 11 is 2.67. The normalized spacial score (nSPS) is 10.8. The Kier molecular flexibility index (Phi) is 4.53. The van der Waals surface area contributed by atoms with Crippen LogP contribution in [-0.4, -0.2) is 33.6 Å². The maximum absolute atomic E-state index is 11.7. The number of nitro groups is 1. The van der Waals surface area contributed by atoms with Crippen molar-refractivity contribution in [2.45, 2.75) is 4.90 Å². The number of fused-ring (bicyclic) bond motifs is 1. The van der Waals surface area contributed by atoms with Gasteiger partial charge >= 0.3 is 11.7 Å². The van der Waals surface area contributed by atoms with Gasteiger partial charge in [-0.2, -0.15) is 0 Å². The maximum atomic E-state index is 11.7. The summed E-state index contributed by atoms with van der Waals surface area (Å²) in [5.41, 5.74) is 0.277. The van der Waals surface area contributed by atoms with Crippen molar-refractivity contribution >= 4 is 45.8 Å². The molecule has 0 atom stereocenters. The third-order valence-electron chi connectivity index (χ3n) is 2.85. The molecule has 1 aromatic carbocycles. The molecule has 0 saturated heterocycles. The molecule has 0 unspecified atom stereocenters. The van der Waals surface area contributed by atoms with Crippen molar-refractivity contribution in [2.75, 3.05) is 12.4 Å². The minimum Gasteiger partial charge on any atom is -0.461 e. The predicted octanol–water partition coefficient (Wildman–Crippen LogP) is 3.14. The fourth-order valence-corrected chi connectivity index (χ4v) is 3.28. The zero-order chi connectivity index (χ0) is 16.2. The van der Waals surface area contributed by atoms with Gasteiger partial charge in [0.25, 0.3) is 0 Å². The lowest BCUT2D eigenvalue weighted by Gasteiger charge is -2.03. The highest BCUT2D eigenvalue weighted by atomic mass is 32.2. The lowest BCUT2D eigenvalue weighted by molar-refractivity contribution is -0.383. The lowest BCUT2D eigenvalue weighted by atomic mass is 10.3. The van der Waals surface area contributed by atoms with E-state index in [2.05, 4.69) is 14.9 Å². The summed E-state index contributed by atoms with van der Waals surface area (Å²) in [6.07, 6.45) is 0. The molecule has 0 aliphatic heterocycles. The summed E-state index contributed by atoms with van der Waals surface area (Å²) in [6, 6.07) is 6.41. The highest BCUT2D eigenvalue weighted by Gasteiger charge is 2.19. The van der Waals surface area contributed by atoms with Gasteiger partial charge in [-0.05, 0) is 27.8 Å². The molecule has 3 rings (SSSR count). The first-order chi connectivity index (χ1) is 11.2. The van der Waals surface area contributed by atoms with E-state index in [1.54, 1.807) is 23.6 Å². The topological polar surface area (TPSA) is 108 Å². The molecule has 0 N–H and O–H groups in total. The van der Waals surface area contributed by atoms with Crippen molar-refractivity contribution in [3.8, 4) is 0 Å². The number of rotatable bonds is 6. The quantitative estimate of drug-likeness (QED) is 0.219. The van der Waals surface area contributed by atoms with Gasteiger partial charge in [0.15, 0.2) is 5.52 Å². The van der Waals surface area contributed by atoms with E-state index in [0.29, 0.717) is 21.0 Å². The largest absolute Gasteiger partial charge is 0.461 e. The Morgan fingerprint density at radius 1 is 1.35 bits per heavy atom. The minimum absolute atomic E-state index is 0.107. The molecule has 8 nitrogen and oxygen atoms in total. The Morgan fingerprint density at radius 2 is 2.17 bits per heavy atom. The van der Waals surface area contributed by atoms with Crippen LogP contribution in [0, 0.1) is 10.1 Å². The molecule has 2 aromatic heterocycles. The van der Waals surface area contributed by atoms with Gasteiger partial charge in [-0.15, -0.1) is 23.1 Å². The molecular formula is C13H9N3O5S2. The number of thiophene rings is 1. The number of carbonyl (C=O) groups excluding carboxylic acids is 1. The van der Waals surface area contributed by atoms with E-state index in [-0.39, 0.29) is 23.8 Å². The van der Waals surface area contributed by atoms with Gasteiger partial charge in [0, 0.05) is 16.7 Å². The highest BCUT2D eigenvalue weighted by Crippen LogP contribution is 2.31. The van der Waals surface area contributed by atoms with Crippen molar-refractivity contribution in [3.63, 3.8) is 0 Å². The maximum Gasteiger partial charge on any atom is 0.348 e. The van der Waals surface area contributed by atoms with Crippen molar-refractivity contribution < 1.29 is 19.1 Å². The van der Waals surface area contributed by atoms with E-state index in [9.17, 15) is 14.9 Å². The minimum atomic E-state index is -0.538. The predicted molar refractivity (Wildman–Crippen MR) is 83.8 cm³/mol. The molecule has 0 bridgehead atoms. The van der Waals surface area contributed by atoms with Crippen molar-refractivity contribution in [3.05, 3.63) is 44.6 Å². The number of benzene rings is 1. The highest BCUT2D eigenvalue weighted by molar-refractivity contribution is 7.99. The molecule has 118 valence electrons. The zero-order valence-electron chi connectivity index (χ0n) is 11.5. The SMILES string of the molecule is O=C(OCCSc1ccc([N+](=O)[O-])c2nonc12)c1cccs1. The second-order valence-corrected chi connectivity index (χ2v) is 6.35. The summed E-state index contributed by atoms with van der Waals surface area (Å²) in [6.45, 7) is 0.213. The van der Waals surface area contributed by atoms with E-state index >= 15 is 0 Å².